The second-order valence-electron chi connectivity index (χ2n) is 4.66. The number of carbonyl (C=O) groups excluding carboxylic acids is 1. The molecule has 4 nitrogen and oxygen atoms in total. The first-order valence-corrected chi connectivity index (χ1v) is 7.42. The number of hydrogen-bond donors (Lipinski definition) is 1. The highest BCUT2D eigenvalue weighted by atomic mass is 32.2. The van der Waals surface area contributed by atoms with Crippen molar-refractivity contribution in [1.82, 2.24) is 5.32 Å². The summed E-state index contributed by atoms with van der Waals surface area (Å²) >= 11 is 0. The van der Waals surface area contributed by atoms with Gasteiger partial charge in [0.25, 0.3) is 4.87 Å². The Kier molecular flexibility index (Phi) is 3.32. The fourth-order valence-corrected chi connectivity index (χ4v) is 4.05. The van der Waals surface area contributed by atoms with Crippen molar-refractivity contribution in [1.29, 1.82) is 0 Å². The number of nitrogens with one attached hydrogen (secondary N) is 1. The summed E-state index contributed by atoms with van der Waals surface area (Å²) in [4.78, 5) is 8.02. The van der Waals surface area contributed by atoms with E-state index in [0.29, 0.717) is 5.56 Å². The minimum atomic E-state index is -5.14. The fraction of sp³-hybridized carbons (Fsp3) is 0.417. The van der Waals surface area contributed by atoms with Gasteiger partial charge in [-0.05, 0) is 6.92 Å². The lowest BCUT2D eigenvalue weighted by molar-refractivity contribution is -0.178. The van der Waals surface area contributed by atoms with Crippen LogP contribution in [0.5, 0.6) is 0 Å². The third-order valence-corrected chi connectivity index (χ3v) is 5.48. The Labute approximate surface area is 113 Å². The smallest absolute Gasteiger partial charge is 0.326 e. The molecule has 110 valence electrons. The number of rotatable bonds is 1. The van der Waals surface area contributed by atoms with E-state index in [4.69, 9.17) is 0 Å². The topological polar surface area (TPSA) is 63.2 Å². The van der Waals surface area contributed by atoms with Crippen molar-refractivity contribution in [3.63, 3.8) is 0 Å². The van der Waals surface area contributed by atoms with E-state index < -0.39 is 44.5 Å². The van der Waals surface area contributed by atoms with Crippen molar-refractivity contribution in [3.8, 4) is 0 Å². The first kappa shape index (κ1) is 14.8. The predicted octanol–water partition coefficient (Wildman–Crippen LogP) is 1.64. The summed E-state index contributed by atoms with van der Waals surface area (Å²) in [6.07, 6.45) is -5.61. The molecule has 1 N–H and O–H groups in total. The van der Waals surface area contributed by atoms with Gasteiger partial charge < -0.3 is 5.32 Å². The van der Waals surface area contributed by atoms with Crippen LogP contribution in [-0.4, -0.2) is 26.3 Å². The maximum absolute atomic E-state index is 13.5. The average Bonchev–Trinajstić information content (AvgIpc) is 2.32. The molecule has 1 amide bonds. The molecule has 1 heterocycles. The van der Waals surface area contributed by atoms with Crippen LogP contribution in [0.25, 0.3) is 0 Å². The summed E-state index contributed by atoms with van der Waals surface area (Å²) < 4.78 is 64.5. The maximum atomic E-state index is 13.5. The van der Waals surface area contributed by atoms with E-state index in [1.807, 2.05) is 0 Å². The molecule has 0 aliphatic carbocycles. The summed E-state index contributed by atoms with van der Waals surface area (Å²) in [6, 6.07) is 4.90. The van der Waals surface area contributed by atoms with E-state index in [1.165, 1.54) is 12.1 Å². The van der Waals surface area contributed by atoms with Crippen molar-refractivity contribution >= 4 is 15.7 Å². The van der Waals surface area contributed by atoms with Gasteiger partial charge in [0, 0.05) is 12.0 Å². The Morgan fingerprint density at radius 2 is 1.75 bits per heavy atom. The molecule has 8 heteroatoms. The molecule has 0 bridgehead atoms. The first-order chi connectivity index (χ1) is 9.10. The number of aryl methyl sites for hydroxylation is 1. The number of carbonyl (C=O) groups is 1. The molecule has 2 rings (SSSR count). The van der Waals surface area contributed by atoms with E-state index in [-0.39, 0.29) is 0 Å². The van der Waals surface area contributed by atoms with Gasteiger partial charge in [0.05, 0.1) is 5.75 Å². The Balaban J connectivity index is 2.74. The van der Waals surface area contributed by atoms with E-state index in [9.17, 15) is 26.4 Å². The number of halogens is 3. The van der Waals surface area contributed by atoms with Crippen molar-refractivity contribution in [2.75, 3.05) is 5.75 Å². The zero-order chi connectivity index (χ0) is 15.2. The predicted molar refractivity (Wildman–Crippen MR) is 65.5 cm³/mol. The summed E-state index contributed by atoms with van der Waals surface area (Å²) in [5, 5.41) is 1.64. The van der Waals surface area contributed by atoms with Gasteiger partial charge in [-0.2, -0.15) is 13.2 Å². The van der Waals surface area contributed by atoms with Gasteiger partial charge in [0.1, 0.15) is 0 Å². The molecule has 1 aliphatic rings. The minimum absolute atomic E-state index is 0.466. The highest BCUT2D eigenvalue weighted by Gasteiger charge is 2.67. The monoisotopic (exact) mass is 307 g/mol. The first-order valence-electron chi connectivity index (χ1n) is 5.77. The van der Waals surface area contributed by atoms with Crippen LogP contribution >= 0.6 is 0 Å². The standard InChI is InChI=1S/C12H12F3NO3S/c1-8-2-4-9(5-3-8)11(12(13,14)15)16-10(17)6-7-20(11,18)19/h2-5H,6-7H2,1H3,(H,16,17). The summed E-state index contributed by atoms with van der Waals surface area (Å²) in [6.45, 7) is 1.66. The van der Waals surface area contributed by atoms with Crippen LogP contribution in [0.3, 0.4) is 0 Å². The maximum Gasteiger partial charge on any atom is 0.430 e. The molecular formula is C12H12F3NO3S. The van der Waals surface area contributed by atoms with E-state index in [1.54, 1.807) is 12.2 Å². The van der Waals surface area contributed by atoms with Crippen molar-refractivity contribution in [2.45, 2.75) is 24.4 Å². The van der Waals surface area contributed by atoms with Crippen molar-refractivity contribution in [3.05, 3.63) is 35.4 Å². The normalized spacial score (nSPS) is 26.1. The lowest BCUT2D eigenvalue weighted by Gasteiger charge is -2.38. The molecule has 0 saturated carbocycles. The molecule has 20 heavy (non-hydrogen) atoms. The van der Waals surface area contributed by atoms with E-state index >= 15 is 0 Å². The Morgan fingerprint density at radius 3 is 2.25 bits per heavy atom. The average molecular weight is 307 g/mol. The SMILES string of the molecule is Cc1ccc(C2(C(F)(F)F)NC(=O)CCS2(=O)=O)cc1. The minimum Gasteiger partial charge on any atom is -0.326 e. The third-order valence-electron chi connectivity index (χ3n) is 3.24. The summed E-state index contributed by atoms with van der Waals surface area (Å²) in [5.74, 6) is -1.76. The summed E-state index contributed by atoms with van der Waals surface area (Å²) in [7, 11) is -4.60. The zero-order valence-corrected chi connectivity index (χ0v) is 11.3. The van der Waals surface area contributed by atoms with Gasteiger partial charge >= 0.3 is 6.18 Å². The van der Waals surface area contributed by atoms with Crippen LogP contribution < -0.4 is 5.32 Å². The molecule has 1 atom stereocenters. The molecule has 1 aromatic rings. The number of hydrogen-bond acceptors (Lipinski definition) is 3. The van der Waals surface area contributed by atoms with Crippen LogP contribution in [0.15, 0.2) is 24.3 Å². The molecule has 0 aromatic heterocycles. The number of sulfone groups is 1. The third kappa shape index (κ3) is 2.07. The molecule has 0 spiro atoms. The molecule has 1 unspecified atom stereocenters. The highest BCUT2D eigenvalue weighted by Crippen LogP contribution is 2.45. The van der Waals surface area contributed by atoms with Crippen LogP contribution in [0.4, 0.5) is 13.2 Å². The Morgan fingerprint density at radius 1 is 1.20 bits per heavy atom. The van der Waals surface area contributed by atoms with E-state index in [0.717, 1.165) is 12.1 Å². The van der Waals surface area contributed by atoms with Crippen LogP contribution in [0, 0.1) is 6.92 Å². The van der Waals surface area contributed by atoms with E-state index in [2.05, 4.69) is 0 Å². The second-order valence-corrected chi connectivity index (χ2v) is 6.91. The quantitative estimate of drug-likeness (QED) is 0.858. The van der Waals surface area contributed by atoms with Gasteiger partial charge in [0.2, 0.25) is 5.91 Å². The Hall–Kier alpha value is -1.57. The fourth-order valence-electron chi connectivity index (χ4n) is 2.17. The molecule has 1 saturated heterocycles. The van der Waals surface area contributed by atoms with Crippen LogP contribution in [0.1, 0.15) is 17.5 Å². The lowest BCUT2D eigenvalue weighted by atomic mass is 10.0. The molecule has 1 fully saturated rings. The van der Waals surface area contributed by atoms with Gasteiger partial charge in [-0.1, -0.05) is 29.8 Å². The lowest BCUT2D eigenvalue weighted by Crippen LogP contribution is -2.64. The largest absolute Gasteiger partial charge is 0.430 e. The second kappa shape index (κ2) is 4.47. The highest BCUT2D eigenvalue weighted by molar-refractivity contribution is 7.92. The number of benzene rings is 1. The summed E-state index contributed by atoms with van der Waals surface area (Å²) in [5.41, 5.74) is 0.189. The molecule has 1 aromatic carbocycles. The van der Waals surface area contributed by atoms with Crippen molar-refractivity contribution in [2.24, 2.45) is 0 Å². The van der Waals surface area contributed by atoms with Gasteiger partial charge in [-0.3, -0.25) is 4.79 Å². The number of alkyl halides is 3. The molecule has 0 radical (unpaired) electrons. The van der Waals surface area contributed by atoms with Crippen molar-refractivity contribution < 1.29 is 26.4 Å². The number of amides is 1. The van der Waals surface area contributed by atoms with Gasteiger partial charge in [-0.15, -0.1) is 0 Å². The zero-order valence-electron chi connectivity index (χ0n) is 10.5. The Bertz CT molecular complexity index is 637. The van der Waals surface area contributed by atoms with Gasteiger partial charge in [-0.25, -0.2) is 8.42 Å². The van der Waals surface area contributed by atoms with Crippen LogP contribution in [0.2, 0.25) is 0 Å². The van der Waals surface area contributed by atoms with Gasteiger partial charge in [0.15, 0.2) is 9.84 Å². The van der Waals surface area contributed by atoms with Crippen LogP contribution in [-0.2, 0) is 19.5 Å². The molecular weight excluding hydrogens is 295 g/mol. The molecule has 1 aliphatic heterocycles.